The molecule has 0 saturated heterocycles. The molecular formula is C7H11NO2. The van der Waals surface area contributed by atoms with E-state index >= 15 is 0 Å². The average Bonchev–Trinajstić information content (AvgIpc) is 1.80. The zero-order chi connectivity index (χ0) is 8.20. The van der Waals surface area contributed by atoms with Crippen LogP contribution >= 0.6 is 0 Å². The van der Waals surface area contributed by atoms with Gasteiger partial charge in [-0.25, -0.2) is 4.79 Å². The third-order valence-electron chi connectivity index (χ3n) is 1.21. The molecular weight excluding hydrogens is 130 g/mol. The third kappa shape index (κ3) is 2.55. The molecule has 0 amide bonds. The first-order valence-corrected chi connectivity index (χ1v) is 3.04. The summed E-state index contributed by atoms with van der Waals surface area (Å²) in [5.74, 6) is 0. The summed E-state index contributed by atoms with van der Waals surface area (Å²) in [5.41, 5.74) is -0.279. The molecule has 1 unspecified atom stereocenters. The van der Waals surface area contributed by atoms with Crippen molar-refractivity contribution >= 4 is 12.4 Å². The van der Waals surface area contributed by atoms with E-state index in [4.69, 9.17) is 0 Å². The third-order valence-corrected chi connectivity index (χ3v) is 1.21. The first-order valence-electron chi connectivity index (χ1n) is 3.04. The molecule has 0 heterocycles. The van der Waals surface area contributed by atoms with Crippen LogP contribution in [0.1, 0.15) is 20.8 Å². The maximum absolute atomic E-state index is 10.3. The Morgan fingerprint density at radius 1 is 1.50 bits per heavy atom. The van der Waals surface area contributed by atoms with Crippen LogP contribution in [0.5, 0.6) is 0 Å². The molecule has 0 N–H and O–H groups in total. The van der Waals surface area contributed by atoms with E-state index < -0.39 is 6.04 Å². The van der Waals surface area contributed by atoms with Crippen LogP contribution in [-0.2, 0) is 9.59 Å². The molecule has 0 spiro atoms. The quantitative estimate of drug-likeness (QED) is 0.326. The van der Waals surface area contributed by atoms with Crippen molar-refractivity contribution in [2.24, 2.45) is 10.4 Å². The Hall–Kier alpha value is -0.950. The minimum Gasteiger partial charge on any atom is -0.301 e. The Morgan fingerprint density at radius 3 is 2.10 bits per heavy atom. The number of aldehydes is 1. The molecule has 0 aliphatic rings. The summed E-state index contributed by atoms with van der Waals surface area (Å²) in [6, 6.07) is -0.565. The Morgan fingerprint density at radius 2 is 2.00 bits per heavy atom. The van der Waals surface area contributed by atoms with Crippen molar-refractivity contribution in [2.45, 2.75) is 26.8 Å². The second-order valence-electron chi connectivity index (χ2n) is 3.17. The lowest BCUT2D eigenvalue weighted by Gasteiger charge is -2.19. The number of rotatable bonds is 2. The molecule has 0 aliphatic carbocycles. The van der Waals surface area contributed by atoms with Crippen molar-refractivity contribution in [3.8, 4) is 0 Å². The van der Waals surface area contributed by atoms with Gasteiger partial charge in [0.15, 0.2) is 0 Å². The van der Waals surface area contributed by atoms with Gasteiger partial charge in [0.25, 0.3) is 0 Å². The highest BCUT2D eigenvalue weighted by Gasteiger charge is 2.22. The van der Waals surface area contributed by atoms with Crippen LogP contribution < -0.4 is 0 Å². The number of carbonyl (C=O) groups is 1. The molecule has 3 heteroatoms. The zero-order valence-electron chi connectivity index (χ0n) is 6.42. The van der Waals surface area contributed by atoms with Crippen molar-refractivity contribution in [1.29, 1.82) is 0 Å². The topological polar surface area (TPSA) is 46.5 Å². The summed E-state index contributed by atoms with van der Waals surface area (Å²) in [4.78, 5) is 23.4. The highest BCUT2D eigenvalue weighted by atomic mass is 16.1. The van der Waals surface area contributed by atoms with Crippen LogP contribution in [-0.4, -0.2) is 18.4 Å². The summed E-state index contributed by atoms with van der Waals surface area (Å²) in [6.45, 7) is 5.52. The first kappa shape index (κ1) is 9.05. The van der Waals surface area contributed by atoms with Gasteiger partial charge in [0.1, 0.15) is 12.3 Å². The lowest BCUT2D eigenvalue weighted by Crippen LogP contribution is -2.25. The van der Waals surface area contributed by atoms with Gasteiger partial charge in [-0.3, -0.25) is 0 Å². The molecule has 3 nitrogen and oxygen atoms in total. The summed E-state index contributed by atoms with van der Waals surface area (Å²) in [7, 11) is 0. The number of carbonyl (C=O) groups excluding carboxylic acids is 2. The summed E-state index contributed by atoms with van der Waals surface area (Å²) >= 11 is 0. The SMILES string of the molecule is CC(C)(C)C(C=O)N=C=O. The van der Waals surface area contributed by atoms with Crippen LogP contribution in [0.3, 0.4) is 0 Å². The summed E-state index contributed by atoms with van der Waals surface area (Å²) in [5, 5.41) is 0. The Labute approximate surface area is 60.1 Å². The molecule has 0 aromatic carbocycles. The lowest BCUT2D eigenvalue weighted by molar-refractivity contribution is -0.110. The molecule has 56 valence electrons. The van der Waals surface area contributed by atoms with Crippen LogP contribution in [0.25, 0.3) is 0 Å². The Kier molecular flexibility index (Phi) is 2.97. The largest absolute Gasteiger partial charge is 0.301 e. The number of nitrogens with zero attached hydrogens (tertiary/aromatic N) is 1. The van der Waals surface area contributed by atoms with E-state index in [9.17, 15) is 9.59 Å². The van der Waals surface area contributed by atoms with Crippen LogP contribution in [0.4, 0.5) is 0 Å². The van der Waals surface area contributed by atoms with E-state index in [0.717, 1.165) is 0 Å². The van der Waals surface area contributed by atoms with E-state index in [1.807, 2.05) is 20.8 Å². The number of aliphatic imine (C=N–C) groups is 1. The van der Waals surface area contributed by atoms with Crippen LogP contribution in [0.15, 0.2) is 4.99 Å². The van der Waals surface area contributed by atoms with Crippen LogP contribution in [0.2, 0.25) is 0 Å². The van der Waals surface area contributed by atoms with Crippen LogP contribution in [0, 0.1) is 5.41 Å². The Bertz CT molecular complexity index is 163. The average molecular weight is 141 g/mol. The Balaban J connectivity index is 4.35. The molecule has 0 aliphatic heterocycles. The van der Waals surface area contributed by atoms with E-state index in [2.05, 4.69) is 4.99 Å². The van der Waals surface area contributed by atoms with Crippen molar-refractivity contribution in [1.82, 2.24) is 0 Å². The number of isocyanates is 1. The predicted octanol–water partition coefficient (Wildman–Crippen LogP) is 0.936. The van der Waals surface area contributed by atoms with Gasteiger partial charge in [-0.05, 0) is 5.41 Å². The molecule has 0 rings (SSSR count). The first-order chi connectivity index (χ1) is 4.52. The zero-order valence-corrected chi connectivity index (χ0v) is 6.42. The summed E-state index contributed by atoms with van der Waals surface area (Å²) < 4.78 is 0. The monoisotopic (exact) mass is 141 g/mol. The van der Waals surface area contributed by atoms with Gasteiger partial charge in [-0.1, -0.05) is 20.8 Å². The highest BCUT2D eigenvalue weighted by Crippen LogP contribution is 2.19. The smallest absolute Gasteiger partial charge is 0.235 e. The normalized spacial score (nSPS) is 13.5. The molecule has 0 radical (unpaired) electrons. The van der Waals surface area contributed by atoms with E-state index in [-0.39, 0.29) is 5.41 Å². The molecule has 1 atom stereocenters. The van der Waals surface area contributed by atoms with Gasteiger partial charge in [-0.15, -0.1) is 0 Å². The van der Waals surface area contributed by atoms with Gasteiger partial charge in [0.05, 0.1) is 0 Å². The second-order valence-corrected chi connectivity index (χ2v) is 3.17. The maximum atomic E-state index is 10.3. The van der Waals surface area contributed by atoms with Gasteiger partial charge >= 0.3 is 0 Å². The van der Waals surface area contributed by atoms with Crippen molar-refractivity contribution in [3.63, 3.8) is 0 Å². The lowest BCUT2D eigenvalue weighted by atomic mass is 9.88. The van der Waals surface area contributed by atoms with E-state index in [1.54, 1.807) is 0 Å². The maximum Gasteiger partial charge on any atom is 0.235 e. The molecule has 0 aromatic rings. The second kappa shape index (κ2) is 3.28. The predicted molar refractivity (Wildman–Crippen MR) is 37.4 cm³/mol. The van der Waals surface area contributed by atoms with E-state index in [1.165, 1.54) is 6.08 Å². The molecule has 0 aromatic heterocycles. The molecule has 0 saturated carbocycles. The van der Waals surface area contributed by atoms with E-state index in [0.29, 0.717) is 6.29 Å². The van der Waals surface area contributed by atoms with Crippen molar-refractivity contribution < 1.29 is 9.59 Å². The van der Waals surface area contributed by atoms with Crippen molar-refractivity contribution in [3.05, 3.63) is 0 Å². The van der Waals surface area contributed by atoms with Gasteiger partial charge in [-0.2, -0.15) is 4.99 Å². The molecule has 10 heavy (non-hydrogen) atoms. The fourth-order valence-electron chi connectivity index (χ4n) is 0.485. The summed E-state index contributed by atoms with van der Waals surface area (Å²) in [6.07, 6.45) is 2.03. The molecule has 0 bridgehead atoms. The van der Waals surface area contributed by atoms with Gasteiger partial charge in [0, 0.05) is 0 Å². The highest BCUT2D eigenvalue weighted by molar-refractivity contribution is 5.61. The van der Waals surface area contributed by atoms with Gasteiger partial charge in [0.2, 0.25) is 6.08 Å². The van der Waals surface area contributed by atoms with Crippen molar-refractivity contribution in [2.75, 3.05) is 0 Å². The molecule has 0 fully saturated rings. The number of hydrogen-bond donors (Lipinski definition) is 0. The standard InChI is InChI=1S/C7H11NO2/c1-7(2,3)6(4-9)8-5-10/h4,6H,1-3H3. The minimum atomic E-state index is -0.565. The number of hydrogen-bond acceptors (Lipinski definition) is 3. The minimum absolute atomic E-state index is 0.279. The fourth-order valence-corrected chi connectivity index (χ4v) is 0.485. The van der Waals surface area contributed by atoms with Gasteiger partial charge < -0.3 is 4.79 Å². The fraction of sp³-hybridized carbons (Fsp3) is 0.714.